The first kappa shape index (κ1) is 14.2. The van der Waals surface area contributed by atoms with Gasteiger partial charge in [-0.2, -0.15) is 0 Å². The molecule has 19 heavy (non-hydrogen) atoms. The van der Waals surface area contributed by atoms with Gasteiger partial charge in [-0.25, -0.2) is 4.98 Å². The molecule has 0 saturated heterocycles. The fourth-order valence-electron chi connectivity index (χ4n) is 2.17. The van der Waals surface area contributed by atoms with Crippen LogP contribution in [0.5, 0.6) is 0 Å². The standard InChI is InChI=1S/C15H21N3S/c1-4-16-14(11-15-17-9-10-18(15)2)12-5-7-13(19-3)8-6-12/h5-10,14,16H,4,11H2,1-3H3. The maximum Gasteiger partial charge on any atom is 0.110 e. The molecule has 1 aromatic heterocycles. The molecule has 4 heteroatoms. The number of benzene rings is 1. The minimum atomic E-state index is 0.321. The van der Waals surface area contributed by atoms with Crippen LogP contribution in [0.3, 0.4) is 0 Å². The topological polar surface area (TPSA) is 29.9 Å². The van der Waals surface area contributed by atoms with E-state index < -0.39 is 0 Å². The number of hydrogen-bond acceptors (Lipinski definition) is 3. The van der Waals surface area contributed by atoms with Crippen LogP contribution < -0.4 is 5.32 Å². The zero-order valence-electron chi connectivity index (χ0n) is 11.8. The zero-order valence-corrected chi connectivity index (χ0v) is 12.6. The highest BCUT2D eigenvalue weighted by molar-refractivity contribution is 7.98. The van der Waals surface area contributed by atoms with E-state index in [-0.39, 0.29) is 0 Å². The van der Waals surface area contributed by atoms with Gasteiger partial charge in [-0.3, -0.25) is 0 Å². The van der Waals surface area contributed by atoms with Gasteiger partial charge in [-0.1, -0.05) is 19.1 Å². The van der Waals surface area contributed by atoms with Crippen molar-refractivity contribution in [3.8, 4) is 0 Å². The van der Waals surface area contributed by atoms with Crippen LogP contribution in [0.15, 0.2) is 41.6 Å². The lowest BCUT2D eigenvalue weighted by Crippen LogP contribution is -2.24. The molecule has 0 spiro atoms. The monoisotopic (exact) mass is 275 g/mol. The molecule has 0 bridgehead atoms. The molecule has 0 fully saturated rings. The van der Waals surface area contributed by atoms with Gasteiger partial charge >= 0.3 is 0 Å². The van der Waals surface area contributed by atoms with Crippen LogP contribution in [0.1, 0.15) is 24.4 Å². The quantitative estimate of drug-likeness (QED) is 0.822. The Morgan fingerprint density at radius 3 is 2.58 bits per heavy atom. The van der Waals surface area contributed by atoms with Crippen molar-refractivity contribution in [2.45, 2.75) is 24.3 Å². The summed E-state index contributed by atoms with van der Waals surface area (Å²) in [5, 5.41) is 3.54. The number of aryl methyl sites for hydroxylation is 1. The first-order valence-electron chi connectivity index (χ1n) is 6.58. The maximum absolute atomic E-state index is 4.42. The van der Waals surface area contributed by atoms with Crippen LogP contribution in [-0.4, -0.2) is 22.4 Å². The Balaban J connectivity index is 2.16. The van der Waals surface area contributed by atoms with E-state index in [9.17, 15) is 0 Å². The smallest absolute Gasteiger partial charge is 0.110 e. The summed E-state index contributed by atoms with van der Waals surface area (Å²) in [6.07, 6.45) is 6.87. The molecule has 0 aliphatic carbocycles. The molecule has 1 heterocycles. The number of nitrogens with zero attached hydrogens (tertiary/aromatic N) is 2. The van der Waals surface area contributed by atoms with Crippen molar-refractivity contribution in [3.05, 3.63) is 48.0 Å². The Bertz CT molecular complexity index is 504. The highest BCUT2D eigenvalue weighted by atomic mass is 32.2. The molecule has 1 unspecified atom stereocenters. The summed E-state index contributed by atoms with van der Waals surface area (Å²) in [4.78, 5) is 5.72. The van der Waals surface area contributed by atoms with Crippen molar-refractivity contribution in [2.75, 3.05) is 12.8 Å². The van der Waals surface area contributed by atoms with Gasteiger partial charge in [0.05, 0.1) is 0 Å². The zero-order chi connectivity index (χ0) is 13.7. The minimum Gasteiger partial charge on any atom is -0.338 e. The molecule has 1 atom stereocenters. The van der Waals surface area contributed by atoms with Crippen molar-refractivity contribution < 1.29 is 0 Å². The predicted octanol–water partition coefficient (Wildman–Crippen LogP) is 3.04. The average Bonchev–Trinajstić information content (AvgIpc) is 2.84. The van der Waals surface area contributed by atoms with Gasteiger partial charge in [0.1, 0.15) is 5.82 Å². The number of hydrogen-bond donors (Lipinski definition) is 1. The molecule has 1 N–H and O–H groups in total. The van der Waals surface area contributed by atoms with Crippen LogP contribution in [0.25, 0.3) is 0 Å². The number of rotatable bonds is 6. The Morgan fingerprint density at radius 2 is 2.05 bits per heavy atom. The summed E-state index contributed by atoms with van der Waals surface area (Å²) in [5.41, 5.74) is 1.32. The number of imidazole rings is 1. The Labute approximate surface area is 119 Å². The van der Waals surface area contributed by atoms with Crippen LogP contribution in [0.2, 0.25) is 0 Å². The van der Waals surface area contributed by atoms with E-state index in [1.807, 2.05) is 19.4 Å². The van der Waals surface area contributed by atoms with Gasteiger partial charge in [0.25, 0.3) is 0 Å². The van der Waals surface area contributed by atoms with Gasteiger partial charge < -0.3 is 9.88 Å². The van der Waals surface area contributed by atoms with Crippen LogP contribution in [0, 0.1) is 0 Å². The molecule has 0 saturated carbocycles. The molecular weight excluding hydrogens is 254 g/mol. The predicted molar refractivity (Wildman–Crippen MR) is 81.6 cm³/mol. The second kappa shape index (κ2) is 6.78. The molecule has 3 nitrogen and oxygen atoms in total. The van der Waals surface area contributed by atoms with E-state index in [1.54, 1.807) is 11.8 Å². The second-order valence-electron chi connectivity index (χ2n) is 4.54. The third kappa shape index (κ3) is 3.61. The molecular formula is C15H21N3S. The first-order chi connectivity index (χ1) is 9.24. The summed E-state index contributed by atoms with van der Waals surface area (Å²) in [5.74, 6) is 1.11. The normalized spacial score (nSPS) is 12.6. The highest BCUT2D eigenvalue weighted by Gasteiger charge is 2.13. The largest absolute Gasteiger partial charge is 0.338 e. The summed E-state index contributed by atoms with van der Waals surface area (Å²) in [6.45, 7) is 3.10. The summed E-state index contributed by atoms with van der Waals surface area (Å²) in [7, 11) is 2.04. The molecule has 0 aliphatic heterocycles. The van der Waals surface area contributed by atoms with Gasteiger partial charge in [-0.05, 0) is 30.5 Å². The fraction of sp³-hybridized carbons (Fsp3) is 0.400. The lowest BCUT2D eigenvalue weighted by molar-refractivity contribution is 0.529. The summed E-state index contributed by atoms with van der Waals surface area (Å²) >= 11 is 1.77. The molecule has 0 radical (unpaired) electrons. The van der Waals surface area contributed by atoms with Crippen LogP contribution in [-0.2, 0) is 13.5 Å². The summed E-state index contributed by atoms with van der Waals surface area (Å²) < 4.78 is 2.08. The van der Waals surface area contributed by atoms with Gasteiger partial charge in [0, 0.05) is 36.8 Å². The van der Waals surface area contributed by atoms with E-state index in [0.717, 1.165) is 18.8 Å². The van der Waals surface area contributed by atoms with E-state index >= 15 is 0 Å². The number of likely N-dealkylation sites (N-methyl/N-ethyl adjacent to an activating group) is 1. The van der Waals surface area contributed by atoms with Crippen LogP contribution in [0.4, 0.5) is 0 Å². The van der Waals surface area contributed by atoms with Crippen molar-refractivity contribution in [1.82, 2.24) is 14.9 Å². The van der Waals surface area contributed by atoms with Crippen molar-refractivity contribution in [3.63, 3.8) is 0 Å². The van der Waals surface area contributed by atoms with Crippen molar-refractivity contribution >= 4 is 11.8 Å². The Kier molecular flexibility index (Phi) is 5.05. The number of aromatic nitrogens is 2. The number of thioether (sulfide) groups is 1. The van der Waals surface area contributed by atoms with E-state index in [0.29, 0.717) is 6.04 Å². The molecule has 0 amide bonds. The molecule has 1 aromatic carbocycles. The Morgan fingerprint density at radius 1 is 1.32 bits per heavy atom. The van der Waals surface area contributed by atoms with Gasteiger partial charge in [0.2, 0.25) is 0 Å². The Hall–Kier alpha value is -1.26. The van der Waals surface area contributed by atoms with Gasteiger partial charge in [0.15, 0.2) is 0 Å². The third-order valence-corrected chi connectivity index (χ3v) is 4.02. The highest BCUT2D eigenvalue weighted by Crippen LogP contribution is 2.21. The minimum absolute atomic E-state index is 0.321. The fourth-order valence-corrected chi connectivity index (χ4v) is 2.57. The van der Waals surface area contributed by atoms with E-state index in [2.05, 4.69) is 52.3 Å². The number of nitrogens with one attached hydrogen (secondary N) is 1. The van der Waals surface area contributed by atoms with Crippen molar-refractivity contribution in [1.29, 1.82) is 0 Å². The SMILES string of the molecule is CCNC(Cc1nccn1C)c1ccc(SC)cc1. The van der Waals surface area contributed by atoms with Crippen molar-refractivity contribution in [2.24, 2.45) is 7.05 Å². The lowest BCUT2D eigenvalue weighted by atomic mass is 10.0. The van der Waals surface area contributed by atoms with Crippen LogP contribution >= 0.6 is 11.8 Å². The van der Waals surface area contributed by atoms with E-state index in [1.165, 1.54) is 10.5 Å². The molecule has 2 rings (SSSR count). The second-order valence-corrected chi connectivity index (χ2v) is 5.42. The molecule has 2 aromatic rings. The van der Waals surface area contributed by atoms with E-state index in [4.69, 9.17) is 0 Å². The van der Waals surface area contributed by atoms with Gasteiger partial charge in [-0.15, -0.1) is 11.8 Å². The molecule has 102 valence electrons. The molecule has 0 aliphatic rings. The maximum atomic E-state index is 4.42. The first-order valence-corrected chi connectivity index (χ1v) is 7.80. The lowest BCUT2D eigenvalue weighted by Gasteiger charge is -2.18. The average molecular weight is 275 g/mol. The third-order valence-electron chi connectivity index (χ3n) is 3.28. The summed E-state index contributed by atoms with van der Waals surface area (Å²) in [6, 6.07) is 9.11.